The molecule has 1 heterocycles. The second-order valence-corrected chi connectivity index (χ2v) is 8.13. The molecular weight excluding hydrogens is 494 g/mol. The van der Waals surface area contributed by atoms with E-state index in [1.165, 1.54) is 18.2 Å². The van der Waals surface area contributed by atoms with Crippen LogP contribution in [0.25, 0.3) is 0 Å². The molecule has 2 aromatic carbocycles. The smallest absolute Gasteiger partial charge is 0.471 e. The number of hydrogen-bond donors (Lipinski definition) is 1. The molecule has 6 nitrogen and oxygen atoms in total. The number of carbonyl (C=O) groups is 2. The van der Waals surface area contributed by atoms with E-state index in [1.807, 2.05) is 0 Å². The van der Waals surface area contributed by atoms with Crippen LogP contribution in [0.4, 0.5) is 24.5 Å². The van der Waals surface area contributed by atoms with Crippen molar-refractivity contribution in [3.63, 3.8) is 0 Å². The minimum Gasteiger partial charge on any atom is -0.482 e. The van der Waals surface area contributed by atoms with E-state index in [4.69, 9.17) is 39.5 Å². The summed E-state index contributed by atoms with van der Waals surface area (Å²) in [7, 11) is 0. The number of benzene rings is 2. The molecule has 172 valence electrons. The minimum absolute atomic E-state index is 0.105. The van der Waals surface area contributed by atoms with Crippen LogP contribution in [0.5, 0.6) is 5.75 Å². The van der Waals surface area contributed by atoms with E-state index in [1.54, 1.807) is 23.1 Å². The Morgan fingerprint density at radius 3 is 2.22 bits per heavy atom. The van der Waals surface area contributed by atoms with Crippen molar-refractivity contribution in [3.8, 4) is 5.75 Å². The van der Waals surface area contributed by atoms with Crippen LogP contribution in [0.3, 0.4) is 0 Å². The Kier molecular flexibility index (Phi) is 7.63. The first-order chi connectivity index (χ1) is 15.0. The van der Waals surface area contributed by atoms with Crippen LogP contribution >= 0.6 is 34.8 Å². The second kappa shape index (κ2) is 10.1. The number of carbonyl (C=O) groups excluding carboxylic acids is 2. The zero-order valence-corrected chi connectivity index (χ0v) is 18.7. The molecule has 1 aliphatic rings. The monoisotopic (exact) mass is 509 g/mol. The fourth-order valence-electron chi connectivity index (χ4n) is 3.14. The summed E-state index contributed by atoms with van der Waals surface area (Å²) in [6.45, 7) is -0.243. The molecule has 12 heteroatoms. The molecule has 1 N–H and O–H groups in total. The molecule has 0 spiro atoms. The van der Waals surface area contributed by atoms with Crippen molar-refractivity contribution < 1.29 is 27.5 Å². The van der Waals surface area contributed by atoms with Crippen molar-refractivity contribution in [1.82, 2.24) is 4.90 Å². The van der Waals surface area contributed by atoms with Crippen molar-refractivity contribution in [2.24, 2.45) is 0 Å². The molecule has 0 aromatic heterocycles. The summed E-state index contributed by atoms with van der Waals surface area (Å²) < 4.78 is 43.4. The Morgan fingerprint density at radius 1 is 0.969 bits per heavy atom. The van der Waals surface area contributed by atoms with Crippen LogP contribution in [-0.2, 0) is 9.59 Å². The largest absolute Gasteiger partial charge is 0.482 e. The van der Waals surface area contributed by atoms with Gasteiger partial charge in [0.15, 0.2) is 6.61 Å². The first-order valence-corrected chi connectivity index (χ1v) is 10.5. The van der Waals surface area contributed by atoms with Crippen LogP contribution in [0.1, 0.15) is 0 Å². The Labute approximate surface area is 196 Å². The SMILES string of the molecule is O=C(COc1ccc(Cl)cc1Cl)Nc1cc(Cl)ccc1N1CCN(C(=O)C(F)(F)F)CC1. The average Bonchev–Trinajstić information content (AvgIpc) is 2.72. The molecule has 1 saturated heterocycles. The maximum Gasteiger partial charge on any atom is 0.471 e. The van der Waals surface area contributed by atoms with E-state index >= 15 is 0 Å². The third-order valence-corrected chi connectivity index (χ3v) is 5.40. The van der Waals surface area contributed by atoms with Gasteiger partial charge in [-0.05, 0) is 36.4 Å². The molecule has 32 heavy (non-hydrogen) atoms. The second-order valence-electron chi connectivity index (χ2n) is 6.85. The minimum atomic E-state index is -4.91. The van der Waals surface area contributed by atoms with E-state index in [9.17, 15) is 22.8 Å². The first kappa shape index (κ1) is 24.3. The summed E-state index contributed by atoms with van der Waals surface area (Å²) in [4.78, 5) is 26.4. The molecule has 3 rings (SSSR count). The standard InChI is InChI=1S/C20H17Cl3F3N3O3/c21-12-2-4-17(14(23)9-12)32-11-18(30)27-15-10-13(22)1-3-16(15)28-5-7-29(8-6-28)19(31)20(24,25)26/h1-4,9-10H,5-8,11H2,(H,27,30). The van der Waals surface area contributed by atoms with Crippen molar-refractivity contribution in [3.05, 3.63) is 51.5 Å². The molecule has 0 saturated carbocycles. The molecule has 0 unspecified atom stereocenters. The highest BCUT2D eigenvalue weighted by Crippen LogP contribution is 2.31. The molecule has 1 aliphatic heterocycles. The number of ether oxygens (including phenoxy) is 1. The Morgan fingerprint density at radius 2 is 1.59 bits per heavy atom. The topological polar surface area (TPSA) is 61.9 Å². The lowest BCUT2D eigenvalue weighted by atomic mass is 10.2. The van der Waals surface area contributed by atoms with Gasteiger partial charge in [0.2, 0.25) is 0 Å². The van der Waals surface area contributed by atoms with Crippen molar-refractivity contribution in [2.45, 2.75) is 6.18 Å². The Bertz CT molecular complexity index is 1010. The molecule has 0 aliphatic carbocycles. The number of nitrogens with zero attached hydrogens (tertiary/aromatic N) is 2. The van der Waals surface area contributed by atoms with E-state index in [0.717, 1.165) is 4.90 Å². The Balaban J connectivity index is 1.65. The highest BCUT2D eigenvalue weighted by molar-refractivity contribution is 6.35. The number of rotatable bonds is 5. The highest BCUT2D eigenvalue weighted by Gasteiger charge is 2.43. The number of hydrogen-bond acceptors (Lipinski definition) is 4. The number of piperazine rings is 1. The molecule has 0 bridgehead atoms. The summed E-state index contributed by atoms with van der Waals surface area (Å²) in [5.41, 5.74) is 0.926. The van der Waals surface area contributed by atoms with Crippen LogP contribution in [0.2, 0.25) is 15.1 Å². The maximum absolute atomic E-state index is 12.7. The summed E-state index contributed by atoms with van der Waals surface area (Å²) in [6, 6.07) is 9.36. The van der Waals surface area contributed by atoms with Gasteiger partial charge in [-0.1, -0.05) is 34.8 Å². The zero-order valence-electron chi connectivity index (χ0n) is 16.4. The van der Waals surface area contributed by atoms with Crippen molar-refractivity contribution >= 4 is 58.0 Å². The van der Waals surface area contributed by atoms with Gasteiger partial charge in [0.25, 0.3) is 5.91 Å². The van der Waals surface area contributed by atoms with Gasteiger partial charge in [0, 0.05) is 36.2 Å². The number of anilines is 2. The Hall–Kier alpha value is -2.36. The molecule has 1 fully saturated rings. The third kappa shape index (κ3) is 6.11. The zero-order chi connectivity index (χ0) is 23.5. The normalized spacial score (nSPS) is 14.3. The third-order valence-electron chi connectivity index (χ3n) is 4.64. The summed E-state index contributed by atoms with van der Waals surface area (Å²) >= 11 is 17.9. The fraction of sp³-hybridized carbons (Fsp3) is 0.300. The summed E-state index contributed by atoms with van der Waals surface area (Å²) in [5.74, 6) is -2.08. The van der Waals surface area contributed by atoms with E-state index in [0.29, 0.717) is 21.4 Å². The molecular formula is C20H17Cl3F3N3O3. The maximum atomic E-state index is 12.7. The van der Waals surface area contributed by atoms with Gasteiger partial charge in [-0.2, -0.15) is 13.2 Å². The van der Waals surface area contributed by atoms with Gasteiger partial charge in [-0.25, -0.2) is 0 Å². The molecule has 0 atom stereocenters. The predicted molar refractivity (Wildman–Crippen MR) is 117 cm³/mol. The number of alkyl halides is 3. The van der Waals surface area contributed by atoms with Crippen molar-refractivity contribution in [1.29, 1.82) is 0 Å². The molecule has 0 radical (unpaired) electrons. The van der Waals surface area contributed by atoms with Gasteiger partial charge >= 0.3 is 12.1 Å². The molecule has 2 aromatic rings. The van der Waals surface area contributed by atoms with Gasteiger partial charge < -0.3 is 19.9 Å². The van der Waals surface area contributed by atoms with Gasteiger partial charge in [0.1, 0.15) is 5.75 Å². The van der Waals surface area contributed by atoms with Crippen LogP contribution in [-0.4, -0.2) is 55.7 Å². The van der Waals surface area contributed by atoms with E-state index < -0.39 is 18.0 Å². The van der Waals surface area contributed by atoms with E-state index in [2.05, 4.69) is 5.32 Å². The van der Waals surface area contributed by atoms with Crippen LogP contribution in [0.15, 0.2) is 36.4 Å². The number of halogens is 6. The number of amides is 2. The lowest BCUT2D eigenvalue weighted by Gasteiger charge is -2.37. The average molecular weight is 511 g/mol. The highest BCUT2D eigenvalue weighted by atomic mass is 35.5. The quantitative estimate of drug-likeness (QED) is 0.623. The van der Waals surface area contributed by atoms with E-state index in [-0.39, 0.29) is 43.6 Å². The van der Waals surface area contributed by atoms with Crippen LogP contribution in [0, 0.1) is 0 Å². The summed E-state index contributed by atoms with van der Waals surface area (Å²) in [5, 5.41) is 3.72. The molecule has 2 amide bonds. The van der Waals surface area contributed by atoms with Crippen molar-refractivity contribution in [2.75, 3.05) is 43.0 Å². The lowest BCUT2D eigenvalue weighted by Crippen LogP contribution is -2.52. The first-order valence-electron chi connectivity index (χ1n) is 9.33. The lowest BCUT2D eigenvalue weighted by molar-refractivity contribution is -0.185. The van der Waals surface area contributed by atoms with Gasteiger partial charge in [-0.15, -0.1) is 0 Å². The number of nitrogens with one attached hydrogen (secondary N) is 1. The predicted octanol–water partition coefficient (Wildman–Crippen LogP) is 4.88. The summed E-state index contributed by atoms with van der Waals surface area (Å²) in [6.07, 6.45) is -4.91. The van der Waals surface area contributed by atoms with Crippen LogP contribution < -0.4 is 15.0 Å². The fourth-order valence-corrected chi connectivity index (χ4v) is 3.77. The van der Waals surface area contributed by atoms with Gasteiger partial charge in [-0.3, -0.25) is 9.59 Å². The van der Waals surface area contributed by atoms with Gasteiger partial charge in [0.05, 0.1) is 16.4 Å².